The number of amides is 1. The van der Waals surface area contributed by atoms with E-state index >= 15 is 4.39 Å². The third kappa shape index (κ3) is 5.16. The summed E-state index contributed by atoms with van der Waals surface area (Å²) in [6, 6.07) is 5.02. The van der Waals surface area contributed by atoms with Crippen LogP contribution in [0.25, 0.3) is 10.9 Å². The number of hydrogen-bond donors (Lipinski definition) is 1. The Morgan fingerprint density at radius 2 is 2.14 bits per heavy atom. The van der Waals surface area contributed by atoms with Crippen LogP contribution < -0.4 is 19.7 Å². The second kappa shape index (κ2) is 11.0. The number of nitrogens with one attached hydrogen (secondary N) is 1. The zero-order valence-corrected chi connectivity index (χ0v) is 26.5. The summed E-state index contributed by atoms with van der Waals surface area (Å²) in [7, 11) is 0. The van der Waals surface area contributed by atoms with Crippen LogP contribution in [-0.4, -0.2) is 82.5 Å². The van der Waals surface area contributed by atoms with Crippen LogP contribution in [0.4, 0.5) is 20.4 Å². The second-order valence-electron chi connectivity index (χ2n) is 13.2. The molecule has 0 unspecified atom stereocenters. The molecule has 1 aromatic carbocycles. The largest absolute Gasteiger partial charge is 0.485 e. The van der Waals surface area contributed by atoms with Crippen molar-refractivity contribution in [3.05, 3.63) is 40.2 Å². The Hall–Kier alpha value is -3.16. The van der Waals surface area contributed by atoms with E-state index in [0.717, 1.165) is 24.9 Å². The van der Waals surface area contributed by atoms with Crippen molar-refractivity contribution in [1.82, 2.24) is 19.9 Å². The first-order valence-corrected chi connectivity index (χ1v) is 15.8. The van der Waals surface area contributed by atoms with Crippen LogP contribution in [-0.2, 0) is 16.1 Å². The Bertz CT molecular complexity index is 1620. The van der Waals surface area contributed by atoms with Gasteiger partial charge in [-0.1, -0.05) is 26.8 Å². The van der Waals surface area contributed by atoms with E-state index in [1.54, 1.807) is 18.3 Å². The molecule has 3 fully saturated rings. The molecule has 4 aliphatic heterocycles. The van der Waals surface area contributed by atoms with Gasteiger partial charge in [-0.3, -0.25) is 9.69 Å². The number of ether oxygens (including phenoxy) is 3. The molecule has 3 aromatic rings. The fourth-order valence-corrected chi connectivity index (χ4v) is 7.18. The van der Waals surface area contributed by atoms with Gasteiger partial charge in [-0.2, -0.15) is 9.97 Å². The Morgan fingerprint density at radius 3 is 2.95 bits per heavy atom. The number of alkyl halides is 1. The minimum Gasteiger partial charge on any atom is -0.485 e. The minimum absolute atomic E-state index is 0.00814. The number of rotatable bonds is 6. The minimum atomic E-state index is -0.906. The number of nitrogens with zero attached hydrogens (tertiary/aromatic N) is 5. The SMILES string of the molecule is CC(C)(C)C(=O)Nc1ncccc1CN1c2nc(OC[C@@]34CCCN3C[C@H](F)C4)nc3c(F)c(Br)cc(c23)O[C@@H]2COC[C@@H]21. The van der Waals surface area contributed by atoms with Crippen molar-refractivity contribution in [2.75, 3.05) is 43.1 Å². The van der Waals surface area contributed by atoms with Crippen molar-refractivity contribution >= 4 is 44.4 Å². The third-order valence-corrected chi connectivity index (χ3v) is 9.69. The molecular formula is C31H35BrF2N6O4. The molecule has 0 spiro atoms. The standard InChI is InChI=1S/C31H35BrF2N6O4/c1-30(2,3)28(41)37-26-17(6-4-8-35-26)12-40-20-14-42-15-22(20)44-21-10-19(32)24(34)25-23(21)27(40)38-29(36-25)43-16-31-7-5-9-39(31)13-18(33)11-31/h4,6,8,10,18,20,22H,5,7,9,11-16H2,1-3H3,(H,35,37,41)/t18-,20+,22-,31+/m1/s1. The summed E-state index contributed by atoms with van der Waals surface area (Å²) in [5.74, 6) is 0.561. The molecule has 6 heterocycles. The summed E-state index contributed by atoms with van der Waals surface area (Å²) in [5.41, 5.74) is -0.245. The zero-order chi connectivity index (χ0) is 30.8. The summed E-state index contributed by atoms with van der Waals surface area (Å²) >= 11 is 3.33. The summed E-state index contributed by atoms with van der Waals surface area (Å²) in [5, 5.41) is 3.38. The van der Waals surface area contributed by atoms with Crippen molar-refractivity contribution in [3.63, 3.8) is 0 Å². The van der Waals surface area contributed by atoms with Crippen molar-refractivity contribution < 1.29 is 27.8 Å². The highest BCUT2D eigenvalue weighted by molar-refractivity contribution is 9.10. The van der Waals surface area contributed by atoms with Crippen LogP contribution in [0.3, 0.4) is 0 Å². The highest BCUT2D eigenvalue weighted by Gasteiger charge is 2.49. The monoisotopic (exact) mass is 672 g/mol. The van der Waals surface area contributed by atoms with Gasteiger partial charge < -0.3 is 24.4 Å². The predicted molar refractivity (Wildman–Crippen MR) is 163 cm³/mol. The molecule has 0 bridgehead atoms. The number of carbonyl (C=O) groups excluding carboxylic acids is 1. The third-order valence-electron chi connectivity index (χ3n) is 9.12. The lowest BCUT2D eigenvalue weighted by molar-refractivity contribution is -0.123. The molecule has 44 heavy (non-hydrogen) atoms. The van der Waals surface area contributed by atoms with Crippen LogP contribution in [0, 0.1) is 11.2 Å². The van der Waals surface area contributed by atoms with Gasteiger partial charge >= 0.3 is 6.01 Å². The van der Waals surface area contributed by atoms with Crippen molar-refractivity contribution in [3.8, 4) is 11.8 Å². The first kappa shape index (κ1) is 29.5. The topological polar surface area (TPSA) is 102 Å². The summed E-state index contributed by atoms with van der Waals surface area (Å²) in [6.07, 6.45) is 2.53. The molecule has 10 nitrogen and oxygen atoms in total. The second-order valence-corrected chi connectivity index (χ2v) is 14.0. The van der Waals surface area contributed by atoms with Crippen LogP contribution in [0.1, 0.15) is 45.6 Å². The molecule has 13 heteroatoms. The van der Waals surface area contributed by atoms with E-state index in [-0.39, 0.29) is 47.2 Å². The Labute approximate surface area is 262 Å². The molecule has 4 atom stereocenters. The van der Waals surface area contributed by atoms with Gasteiger partial charge in [-0.25, -0.2) is 13.8 Å². The molecule has 234 valence electrons. The molecule has 0 aliphatic carbocycles. The average Bonchev–Trinajstić information content (AvgIpc) is 3.65. The van der Waals surface area contributed by atoms with E-state index in [0.29, 0.717) is 49.0 Å². The number of fused-ring (bicyclic) bond motifs is 2. The Balaban J connectivity index is 1.31. The number of aromatic nitrogens is 3. The lowest BCUT2D eigenvalue weighted by Crippen LogP contribution is -2.45. The zero-order valence-electron chi connectivity index (χ0n) is 24.9. The molecule has 0 radical (unpaired) electrons. The molecule has 1 N–H and O–H groups in total. The normalized spacial score (nSPS) is 26.3. The number of anilines is 2. The van der Waals surface area contributed by atoms with Crippen LogP contribution in [0.2, 0.25) is 0 Å². The van der Waals surface area contributed by atoms with Gasteiger partial charge in [-0.05, 0) is 47.4 Å². The number of benzene rings is 1. The molecule has 0 saturated carbocycles. The summed E-state index contributed by atoms with van der Waals surface area (Å²) in [6.45, 7) is 7.90. The van der Waals surface area contributed by atoms with Gasteiger partial charge in [-0.15, -0.1) is 0 Å². The molecule has 3 saturated heterocycles. The van der Waals surface area contributed by atoms with E-state index in [9.17, 15) is 9.18 Å². The molecule has 2 aromatic heterocycles. The van der Waals surface area contributed by atoms with Gasteiger partial charge in [0, 0.05) is 36.7 Å². The fourth-order valence-electron chi connectivity index (χ4n) is 6.79. The van der Waals surface area contributed by atoms with Crippen molar-refractivity contribution in [2.24, 2.45) is 5.41 Å². The first-order chi connectivity index (χ1) is 21.0. The smallest absolute Gasteiger partial charge is 0.319 e. The van der Waals surface area contributed by atoms with Crippen molar-refractivity contribution in [1.29, 1.82) is 0 Å². The lowest BCUT2D eigenvalue weighted by atomic mass is 9.95. The summed E-state index contributed by atoms with van der Waals surface area (Å²) < 4.78 is 49.0. The van der Waals surface area contributed by atoms with Crippen LogP contribution >= 0.6 is 15.9 Å². The van der Waals surface area contributed by atoms with Gasteiger partial charge in [0.25, 0.3) is 0 Å². The molecular weight excluding hydrogens is 638 g/mol. The van der Waals surface area contributed by atoms with E-state index in [4.69, 9.17) is 19.2 Å². The predicted octanol–water partition coefficient (Wildman–Crippen LogP) is 5.03. The average molecular weight is 674 g/mol. The molecule has 7 rings (SSSR count). The maximum Gasteiger partial charge on any atom is 0.319 e. The Morgan fingerprint density at radius 1 is 1.30 bits per heavy atom. The maximum absolute atomic E-state index is 15.8. The number of pyridine rings is 1. The number of carbonyl (C=O) groups is 1. The number of halogens is 3. The quantitative estimate of drug-likeness (QED) is 0.386. The van der Waals surface area contributed by atoms with E-state index in [1.165, 1.54) is 0 Å². The van der Waals surface area contributed by atoms with Gasteiger partial charge in [0.2, 0.25) is 5.91 Å². The van der Waals surface area contributed by atoms with E-state index in [1.807, 2.05) is 31.7 Å². The van der Waals surface area contributed by atoms with Crippen molar-refractivity contribution in [2.45, 2.75) is 70.4 Å². The highest BCUT2D eigenvalue weighted by atomic mass is 79.9. The van der Waals surface area contributed by atoms with E-state index < -0.39 is 22.9 Å². The van der Waals surface area contributed by atoms with Crippen LogP contribution in [0.5, 0.6) is 11.8 Å². The maximum atomic E-state index is 15.8. The van der Waals surface area contributed by atoms with E-state index in [2.05, 4.69) is 36.1 Å². The first-order valence-electron chi connectivity index (χ1n) is 15.0. The summed E-state index contributed by atoms with van der Waals surface area (Å²) in [4.78, 5) is 31.0. The lowest BCUT2D eigenvalue weighted by Gasteiger charge is -2.32. The van der Waals surface area contributed by atoms with Crippen LogP contribution in [0.15, 0.2) is 28.9 Å². The molecule has 1 amide bonds. The van der Waals surface area contributed by atoms with Gasteiger partial charge in [0.05, 0.1) is 34.7 Å². The highest BCUT2D eigenvalue weighted by Crippen LogP contribution is 2.45. The number of hydrogen-bond acceptors (Lipinski definition) is 9. The Kier molecular flexibility index (Phi) is 7.40. The molecule has 4 aliphatic rings. The fraction of sp³-hybridized carbons (Fsp3) is 0.548. The van der Waals surface area contributed by atoms with Gasteiger partial charge in [0.15, 0.2) is 5.82 Å². The van der Waals surface area contributed by atoms with Gasteiger partial charge in [0.1, 0.15) is 41.8 Å².